The largest absolute Gasteiger partial charge is 0.372 e. The molecule has 110 valence electrons. The first-order valence-electron chi connectivity index (χ1n) is 6.29. The second-order valence-electron chi connectivity index (χ2n) is 4.93. The van der Waals surface area contributed by atoms with Gasteiger partial charge in [-0.25, -0.2) is 4.39 Å². The Labute approximate surface area is 116 Å². The summed E-state index contributed by atoms with van der Waals surface area (Å²) in [4.78, 5) is 21.6. The fraction of sp³-hybridized carbons (Fsp3) is 0.462. The number of anilines is 1. The molecule has 0 fully saturated rings. The summed E-state index contributed by atoms with van der Waals surface area (Å²) in [5.41, 5.74) is -0.271. The average Bonchev–Trinajstić information content (AvgIpc) is 2.37. The molecule has 1 rings (SSSR count). The summed E-state index contributed by atoms with van der Waals surface area (Å²) in [7, 11) is 0. The third-order valence-corrected chi connectivity index (χ3v) is 2.61. The zero-order valence-corrected chi connectivity index (χ0v) is 11.6. The molecule has 1 amide bonds. The van der Waals surface area contributed by atoms with Crippen LogP contribution in [0.5, 0.6) is 0 Å². The Hall–Kier alpha value is -2.18. The van der Waals surface area contributed by atoms with E-state index in [-0.39, 0.29) is 17.3 Å². The molecular weight excluding hydrogens is 265 g/mol. The van der Waals surface area contributed by atoms with Gasteiger partial charge >= 0.3 is 0 Å². The van der Waals surface area contributed by atoms with E-state index in [0.29, 0.717) is 12.5 Å². The Bertz CT molecular complexity index is 506. The van der Waals surface area contributed by atoms with Crippen molar-refractivity contribution >= 4 is 17.3 Å². The quantitative estimate of drug-likeness (QED) is 0.619. The van der Waals surface area contributed by atoms with Crippen LogP contribution in [-0.2, 0) is 4.79 Å². The molecule has 1 unspecified atom stereocenters. The Morgan fingerprint density at radius 3 is 2.55 bits per heavy atom. The van der Waals surface area contributed by atoms with Crippen molar-refractivity contribution in [1.82, 2.24) is 5.32 Å². The number of carbonyl (C=O) groups excluding carboxylic acids is 1. The van der Waals surface area contributed by atoms with Crippen molar-refractivity contribution in [2.45, 2.75) is 26.8 Å². The topological polar surface area (TPSA) is 84.3 Å². The van der Waals surface area contributed by atoms with Crippen LogP contribution in [0.2, 0.25) is 0 Å². The van der Waals surface area contributed by atoms with Gasteiger partial charge in [-0.2, -0.15) is 0 Å². The van der Waals surface area contributed by atoms with E-state index in [1.54, 1.807) is 6.92 Å². The first kappa shape index (κ1) is 15.9. The predicted molar refractivity (Wildman–Crippen MR) is 74.0 cm³/mol. The van der Waals surface area contributed by atoms with E-state index in [4.69, 9.17) is 0 Å². The molecule has 0 saturated heterocycles. The lowest BCUT2D eigenvalue weighted by atomic mass is 10.2. The van der Waals surface area contributed by atoms with Gasteiger partial charge in [-0.1, -0.05) is 13.8 Å². The minimum Gasteiger partial charge on any atom is -0.372 e. The van der Waals surface area contributed by atoms with Gasteiger partial charge in [0.05, 0.1) is 16.7 Å². The Balaban J connectivity index is 2.68. The molecule has 0 aliphatic carbocycles. The Kier molecular flexibility index (Phi) is 5.42. The molecule has 20 heavy (non-hydrogen) atoms. The van der Waals surface area contributed by atoms with Crippen LogP contribution in [0.15, 0.2) is 18.2 Å². The highest BCUT2D eigenvalue weighted by Gasteiger charge is 2.16. The monoisotopic (exact) mass is 283 g/mol. The van der Waals surface area contributed by atoms with Gasteiger partial charge < -0.3 is 10.6 Å². The number of amides is 1. The van der Waals surface area contributed by atoms with E-state index >= 15 is 0 Å². The highest BCUT2D eigenvalue weighted by atomic mass is 19.1. The number of non-ortho nitro benzene ring substituents is 1. The van der Waals surface area contributed by atoms with Gasteiger partial charge in [0, 0.05) is 12.6 Å². The average molecular weight is 283 g/mol. The van der Waals surface area contributed by atoms with Crippen LogP contribution in [0.4, 0.5) is 15.8 Å². The molecule has 1 aromatic rings. The van der Waals surface area contributed by atoms with Crippen molar-refractivity contribution in [1.29, 1.82) is 0 Å². The van der Waals surface area contributed by atoms with E-state index in [9.17, 15) is 19.3 Å². The fourth-order valence-electron chi connectivity index (χ4n) is 1.49. The van der Waals surface area contributed by atoms with Crippen LogP contribution in [-0.4, -0.2) is 23.4 Å². The van der Waals surface area contributed by atoms with Crippen molar-refractivity contribution in [2.24, 2.45) is 5.92 Å². The van der Waals surface area contributed by atoms with Crippen LogP contribution in [0.1, 0.15) is 20.8 Å². The number of nitrogens with one attached hydrogen (secondary N) is 2. The molecule has 0 saturated carbocycles. The number of nitro groups is 1. The smallest absolute Gasteiger partial charge is 0.272 e. The van der Waals surface area contributed by atoms with E-state index in [2.05, 4.69) is 10.6 Å². The molecule has 0 aliphatic heterocycles. The molecule has 0 bridgehead atoms. The zero-order valence-electron chi connectivity index (χ0n) is 11.6. The summed E-state index contributed by atoms with van der Waals surface area (Å²) in [6.07, 6.45) is 0. The zero-order chi connectivity index (χ0) is 15.3. The third kappa shape index (κ3) is 4.49. The van der Waals surface area contributed by atoms with Gasteiger partial charge in [0.2, 0.25) is 5.91 Å². The lowest BCUT2D eigenvalue weighted by Crippen LogP contribution is -2.39. The minimum absolute atomic E-state index is 0.0581. The van der Waals surface area contributed by atoms with Gasteiger partial charge in [0.15, 0.2) is 5.82 Å². The van der Waals surface area contributed by atoms with Crippen LogP contribution in [0, 0.1) is 21.8 Å². The maximum Gasteiger partial charge on any atom is 0.272 e. The van der Waals surface area contributed by atoms with Gasteiger partial charge in [-0.15, -0.1) is 0 Å². The Morgan fingerprint density at radius 2 is 2.05 bits per heavy atom. The molecule has 0 heterocycles. The first-order valence-corrected chi connectivity index (χ1v) is 6.29. The van der Waals surface area contributed by atoms with Crippen molar-refractivity contribution in [3.05, 3.63) is 34.1 Å². The summed E-state index contributed by atoms with van der Waals surface area (Å²) < 4.78 is 13.6. The summed E-state index contributed by atoms with van der Waals surface area (Å²) >= 11 is 0. The van der Waals surface area contributed by atoms with E-state index in [1.807, 2.05) is 13.8 Å². The van der Waals surface area contributed by atoms with Crippen molar-refractivity contribution < 1.29 is 14.1 Å². The molecule has 6 nitrogen and oxygen atoms in total. The number of carbonyl (C=O) groups is 1. The molecule has 2 N–H and O–H groups in total. The first-order chi connectivity index (χ1) is 9.31. The van der Waals surface area contributed by atoms with Crippen molar-refractivity contribution in [3.63, 3.8) is 0 Å². The van der Waals surface area contributed by atoms with Crippen LogP contribution in [0.3, 0.4) is 0 Å². The van der Waals surface area contributed by atoms with E-state index in [0.717, 1.165) is 6.07 Å². The number of rotatable bonds is 6. The fourth-order valence-corrected chi connectivity index (χ4v) is 1.49. The SMILES string of the molecule is CC(C)CNC(=O)C(C)Nc1ccc([N+](=O)[O-])cc1F. The van der Waals surface area contributed by atoms with Crippen molar-refractivity contribution in [3.8, 4) is 0 Å². The standard InChI is InChI=1S/C13H18FN3O3/c1-8(2)7-15-13(18)9(3)16-12-5-4-10(17(19)20)6-11(12)14/h4-6,8-9,16H,7H2,1-3H3,(H,15,18). The predicted octanol–water partition coefficient (Wildman–Crippen LogP) is 2.31. The molecule has 0 aliphatic rings. The molecular formula is C13H18FN3O3. The number of nitro benzene ring substituents is 1. The van der Waals surface area contributed by atoms with Gasteiger partial charge in [0.25, 0.3) is 5.69 Å². The van der Waals surface area contributed by atoms with Crippen LogP contribution < -0.4 is 10.6 Å². The van der Waals surface area contributed by atoms with Crippen LogP contribution >= 0.6 is 0 Å². The summed E-state index contributed by atoms with van der Waals surface area (Å²) in [5.74, 6) is -0.693. The lowest BCUT2D eigenvalue weighted by molar-refractivity contribution is -0.385. The number of nitrogens with zero attached hydrogens (tertiary/aromatic N) is 1. The lowest BCUT2D eigenvalue weighted by Gasteiger charge is -2.16. The number of hydrogen-bond donors (Lipinski definition) is 2. The van der Waals surface area contributed by atoms with Crippen LogP contribution in [0.25, 0.3) is 0 Å². The molecule has 0 radical (unpaired) electrons. The highest BCUT2D eigenvalue weighted by molar-refractivity contribution is 5.84. The number of benzene rings is 1. The molecule has 0 aromatic heterocycles. The number of hydrogen-bond acceptors (Lipinski definition) is 4. The summed E-state index contributed by atoms with van der Waals surface area (Å²) in [6.45, 7) is 6.06. The third-order valence-electron chi connectivity index (χ3n) is 2.61. The molecule has 1 aromatic carbocycles. The maximum absolute atomic E-state index is 13.6. The molecule has 7 heteroatoms. The molecule has 0 spiro atoms. The van der Waals surface area contributed by atoms with Crippen molar-refractivity contribution in [2.75, 3.05) is 11.9 Å². The summed E-state index contributed by atoms with van der Waals surface area (Å²) in [5, 5.41) is 15.9. The second-order valence-corrected chi connectivity index (χ2v) is 4.93. The van der Waals surface area contributed by atoms with Gasteiger partial charge in [-0.05, 0) is 18.9 Å². The van der Waals surface area contributed by atoms with E-state index < -0.39 is 16.8 Å². The number of halogens is 1. The summed E-state index contributed by atoms with van der Waals surface area (Å²) in [6, 6.07) is 2.62. The molecule has 1 atom stereocenters. The van der Waals surface area contributed by atoms with E-state index in [1.165, 1.54) is 12.1 Å². The maximum atomic E-state index is 13.6. The second kappa shape index (κ2) is 6.83. The normalized spacial score (nSPS) is 12.1. The van der Waals surface area contributed by atoms with Gasteiger partial charge in [-0.3, -0.25) is 14.9 Å². The highest BCUT2D eigenvalue weighted by Crippen LogP contribution is 2.21. The van der Waals surface area contributed by atoms with Gasteiger partial charge in [0.1, 0.15) is 6.04 Å². The minimum atomic E-state index is -0.761. The Morgan fingerprint density at radius 1 is 1.40 bits per heavy atom.